The van der Waals surface area contributed by atoms with Gasteiger partial charge in [0.05, 0.1) is 20.1 Å². The Bertz CT molecular complexity index is 159. The second-order valence-electron chi connectivity index (χ2n) is 4.04. The van der Waals surface area contributed by atoms with E-state index in [-0.39, 0.29) is 0 Å². The van der Waals surface area contributed by atoms with E-state index in [0.717, 1.165) is 11.2 Å². The highest BCUT2D eigenvalue weighted by molar-refractivity contribution is 6.50. The molecule has 0 radical (unpaired) electrons. The molecular formula is C8H18BF4NO. The van der Waals surface area contributed by atoms with Crippen LogP contribution in [0.25, 0.3) is 0 Å². The molecule has 0 saturated carbocycles. The van der Waals surface area contributed by atoms with E-state index in [1.807, 2.05) is 0 Å². The Morgan fingerprint density at radius 3 is 1.80 bits per heavy atom. The minimum absolute atomic E-state index is 0.889. The van der Waals surface area contributed by atoms with Crippen molar-refractivity contribution < 1.29 is 26.5 Å². The van der Waals surface area contributed by atoms with Crippen LogP contribution in [0.1, 0.15) is 19.3 Å². The minimum atomic E-state index is -6.00. The number of halogens is 4. The van der Waals surface area contributed by atoms with Crippen LogP contribution in [0.5, 0.6) is 0 Å². The third-order valence-corrected chi connectivity index (χ3v) is 2.34. The van der Waals surface area contributed by atoms with Gasteiger partial charge >= 0.3 is 7.25 Å². The molecule has 0 bridgehead atoms. The van der Waals surface area contributed by atoms with Crippen molar-refractivity contribution in [2.24, 2.45) is 0 Å². The molecule has 0 aliphatic carbocycles. The lowest BCUT2D eigenvalue weighted by Gasteiger charge is -2.36. The molecule has 15 heavy (non-hydrogen) atoms. The van der Waals surface area contributed by atoms with Gasteiger partial charge in [0.1, 0.15) is 0 Å². The lowest BCUT2D eigenvalue weighted by molar-refractivity contribution is -0.931. The summed E-state index contributed by atoms with van der Waals surface area (Å²) in [5.74, 6) is 0. The van der Waals surface area contributed by atoms with E-state index in [4.69, 9.17) is 4.74 Å². The fraction of sp³-hybridized carbons (Fsp3) is 1.00. The molecule has 7 heteroatoms. The maximum absolute atomic E-state index is 9.75. The third kappa shape index (κ3) is 10.00. The maximum Gasteiger partial charge on any atom is 0.673 e. The largest absolute Gasteiger partial charge is 0.673 e. The predicted molar refractivity (Wildman–Crippen MR) is 51.8 cm³/mol. The van der Waals surface area contributed by atoms with Gasteiger partial charge in [-0.25, -0.2) is 0 Å². The number of ether oxygens (including phenoxy) is 1. The number of hydrogen-bond donors (Lipinski definition) is 0. The van der Waals surface area contributed by atoms with Crippen LogP contribution in [-0.4, -0.2) is 45.7 Å². The summed E-state index contributed by atoms with van der Waals surface area (Å²) < 4.78 is 45.3. The van der Waals surface area contributed by atoms with E-state index in [2.05, 4.69) is 7.05 Å². The first-order chi connectivity index (χ1) is 6.77. The number of rotatable bonds is 2. The summed E-state index contributed by atoms with van der Waals surface area (Å²) in [6.45, 7) is 3.49. The van der Waals surface area contributed by atoms with Gasteiger partial charge in [-0.15, -0.1) is 0 Å². The lowest BCUT2D eigenvalue weighted by Crippen LogP contribution is -2.48. The summed E-state index contributed by atoms with van der Waals surface area (Å²) in [7, 11) is -1.93. The van der Waals surface area contributed by atoms with Gasteiger partial charge in [0.15, 0.2) is 6.73 Å². The Morgan fingerprint density at radius 1 is 1.07 bits per heavy atom. The lowest BCUT2D eigenvalue weighted by atomic mass is 10.1. The van der Waals surface area contributed by atoms with Crippen molar-refractivity contribution >= 4 is 7.25 Å². The zero-order valence-corrected chi connectivity index (χ0v) is 9.19. The summed E-state index contributed by atoms with van der Waals surface area (Å²) >= 11 is 0. The molecule has 1 rings (SSSR count). The summed E-state index contributed by atoms with van der Waals surface area (Å²) in [6.07, 6.45) is 4.16. The maximum atomic E-state index is 9.75. The molecule has 0 unspecified atom stereocenters. The molecule has 0 spiro atoms. The van der Waals surface area contributed by atoms with Crippen LogP contribution >= 0.6 is 0 Å². The fourth-order valence-electron chi connectivity index (χ4n) is 1.72. The molecule has 1 heterocycles. The quantitative estimate of drug-likeness (QED) is 0.403. The summed E-state index contributed by atoms with van der Waals surface area (Å²) in [5, 5.41) is 0. The second kappa shape index (κ2) is 6.32. The highest BCUT2D eigenvalue weighted by atomic mass is 19.5. The molecule has 0 aromatic heterocycles. The first kappa shape index (κ1) is 14.7. The third-order valence-electron chi connectivity index (χ3n) is 2.34. The molecule has 92 valence electrons. The number of likely N-dealkylation sites (tertiary alicyclic amines) is 1. The fourth-order valence-corrected chi connectivity index (χ4v) is 1.72. The molecule has 2 nitrogen and oxygen atoms in total. The number of nitrogens with zero attached hydrogens (tertiary/aromatic N) is 1. The Morgan fingerprint density at radius 2 is 1.47 bits per heavy atom. The molecule has 0 atom stereocenters. The van der Waals surface area contributed by atoms with E-state index in [9.17, 15) is 17.3 Å². The summed E-state index contributed by atoms with van der Waals surface area (Å²) in [4.78, 5) is 0. The minimum Gasteiger partial charge on any atom is -0.418 e. The van der Waals surface area contributed by atoms with Crippen LogP contribution in [-0.2, 0) is 4.74 Å². The van der Waals surface area contributed by atoms with E-state index in [1.54, 1.807) is 7.11 Å². The molecule has 1 fully saturated rings. The van der Waals surface area contributed by atoms with Crippen molar-refractivity contribution in [2.45, 2.75) is 19.3 Å². The normalized spacial score (nSPS) is 20.4. The van der Waals surface area contributed by atoms with Gasteiger partial charge in [-0.2, -0.15) is 0 Å². The summed E-state index contributed by atoms with van der Waals surface area (Å²) in [6, 6.07) is 0. The highest BCUT2D eigenvalue weighted by Crippen LogP contribution is 2.15. The van der Waals surface area contributed by atoms with Gasteiger partial charge in [-0.3, -0.25) is 0 Å². The van der Waals surface area contributed by atoms with Gasteiger partial charge in [0.25, 0.3) is 0 Å². The van der Waals surface area contributed by atoms with Crippen LogP contribution in [0.3, 0.4) is 0 Å². The number of piperidine rings is 1. The topological polar surface area (TPSA) is 9.23 Å². The molecule has 0 aromatic carbocycles. The molecule has 0 aromatic rings. The van der Waals surface area contributed by atoms with Crippen molar-refractivity contribution in [1.82, 2.24) is 0 Å². The zero-order chi connectivity index (χ0) is 11.9. The standard InChI is InChI=1S/C8H18NO.BF4/c1-9(8-10-2)6-4-3-5-7-9;2-1(3,4)5/h3-8H2,1-2H3;/q+1;-1. The Hall–Kier alpha value is -0.295. The monoisotopic (exact) mass is 231 g/mol. The van der Waals surface area contributed by atoms with Gasteiger partial charge < -0.3 is 26.5 Å². The Balaban J connectivity index is 0.000000336. The van der Waals surface area contributed by atoms with Crippen LogP contribution in [0.4, 0.5) is 17.3 Å². The average molecular weight is 231 g/mol. The van der Waals surface area contributed by atoms with Crippen molar-refractivity contribution in [1.29, 1.82) is 0 Å². The Kier molecular flexibility index (Phi) is 6.20. The molecule has 0 amide bonds. The number of quaternary nitrogens is 1. The van der Waals surface area contributed by atoms with Crippen molar-refractivity contribution in [3.63, 3.8) is 0 Å². The molecule has 1 aliphatic heterocycles. The second-order valence-corrected chi connectivity index (χ2v) is 4.04. The van der Waals surface area contributed by atoms with E-state index < -0.39 is 7.25 Å². The van der Waals surface area contributed by atoms with E-state index >= 15 is 0 Å². The average Bonchev–Trinajstić information content (AvgIpc) is 2.02. The first-order valence-corrected chi connectivity index (χ1v) is 4.97. The van der Waals surface area contributed by atoms with E-state index in [0.29, 0.717) is 0 Å². The van der Waals surface area contributed by atoms with Crippen LogP contribution < -0.4 is 0 Å². The summed E-state index contributed by atoms with van der Waals surface area (Å²) in [5.41, 5.74) is 0. The van der Waals surface area contributed by atoms with E-state index in [1.165, 1.54) is 32.4 Å². The highest BCUT2D eigenvalue weighted by Gasteiger charge is 2.23. The zero-order valence-electron chi connectivity index (χ0n) is 9.19. The van der Waals surface area contributed by atoms with Gasteiger partial charge in [-0.05, 0) is 19.3 Å². The van der Waals surface area contributed by atoms with Crippen LogP contribution in [0.2, 0.25) is 0 Å². The van der Waals surface area contributed by atoms with Crippen LogP contribution in [0.15, 0.2) is 0 Å². The molecule has 0 N–H and O–H groups in total. The van der Waals surface area contributed by atoms with Crippen molar-refractivity contribution in [3.8, 4) is 0 Å². The number of methoxy groups -OCH3 is 1. The Labute approximate surface area is 87.9 Å². The smallest absolute Gasteiger partial charge is 0.418 e. The SMILES string of the molecule is COC[N+]1(C)CCCCC1.F[B-](F)(F)F. The van der Waals surface area contributed by atoms with Gasteiger partial charge in [0, 0.05) is 7.11 Å². The van der Waals surface area contributed by atoms with Gasteiger partial charge in [0.2, 0.25) is 0 Å². The molecule has 1 saturated heterocycles. The van der Waals surface area contributed by atoms with Gasteiger partial charge in [-0.1, -0.05) is 0 Å². The van der Waals surface area contributed by atoms with Crippen molar-refractivity contribution in [3.05, 3.63) is 0 Å². The van der Waals surface area contributed by atoms with Crippen LogP contribution in [0, 0.1) is 0 Å². The molecule has 1 aliphatic rings. The number of hydrogen-bond acceptors (Lipinski definition) is 1. The molecular weight excluding hydrogens is 213 g/mol. The van der Waals surface area contributed by atoms with Crippen molar-refractivity contribution in [2.75, 3.05) is 34.0 Å². The predicted octanol–water partition coefficient (Wildman–Crippen LogP) is 2.52. The first-order valence-electron chi connectivity index (χ1n) is 4.97.